The Labute approximate surface area is 191 Å². The first kappa shape index (κ1) is 20.8. The van der Waals surface area contributed by atoms with Crippen LogP contribution in [0.4, 0.5) is 5.69 Å². The van der Waals surface area contributed by atoms with E-state index in [2.05, 4.69) is 13.5 Å². The van der Waals surface area contributed by atoms with Crippen LogP contribution in [0, 0.1) is 0 Å². The largest absolute Gasteiger partial charge is 0.490 e. The average molecular weight is 437 g/mol. The molecule has 2 heterocycles. The molecule has 1 aliphatic rings. The molecule has 164 valence electrons. The minimum Gasteiger partial charge on any atom is -0.490 e. The number of anilines is 1. The highest BCUT2D eigenvalue weighted by atomic mass is 16.5. The topological polar surface area (TPSA) is 59.8 Å². The van der Waals surface area contributed by atoms with E-state index in [-0.39, 0.29) is 17.1 Å². The number of amides is 1. The zero-order valence-electron chi connectivity index (χ0n) is 18.3. The van der Waals surface area contributed by atoms with Crippen molar-refractivity contribution >= 4 is 22.6 Å². The van der Waals surface area contributed by atoms with Gasteiger partial charge in [0.2, 0.25) is 5.76 Å². The number of carbonyl (C=O) groups is 1. The van der Waals surface area contributed by atoms with Crippen LogP contribution in [0.2, 0.25) is 0 Å². The van der Waals surface area contributed by atoms with Crippen LogP contribution in [0.1, 0.15) is 40.2 Å². The van der Waals surface area contributed by atoms with Gasteiger partial charge in [0.1, 0.15) is 17.9 Å². The molecule has 5 nitrogen and oxygen atoms in total. The van der Waals surface area contributed by atoms with E-state index in [0.717, 1.165) is 12.0 Å². The number of fused-ring (bicyclic) bond motifs is 2. The first-order chi connectivity index (χ1) is 16.1. The van der Waals surface area contributed by atoms with Crippen LogP contribution in [0.25, 0.3) is 11.0 Å². The van der Waals surface area contributed by atoms with Gasteiger partial charge in [0.15, 0.2) is 5.43 Å². The molecule has 1 unspecified atom stereocenters. The first-order valence-corrected chi connectivity index (χ1v) is 10.9. The summed E-state index contributed by atoms with van der Waals surface area (Å²) in [5, 5.41) is 0.455. The predicted molar refractivity (Wildman–Crippen MR) is 129 cm³/mol. The minimum atomic E-state index is -0.631. The van der Waals surface area contributed by atoms with Gasteiger partial charge in [-0.1, -0.05) is 56.0 Å². The lowest BCUT2D eigenvalue weighted by Crippen LogP contribution is -2.29. The molecule has 0 saturated heterocycles. The Kier molecular flexibility index (Phi) is 5.31. The number of ether oxygens (including phenoxy) is 1. The summed E-state index contributed by atoms with van der Waals surface area (Å²) in [5.74, 6) is 0.389. The maximum absolute atomic E-state index is 13.6. The van der Waals surface area contributed by atoms with Crippen molar-refractivity contribution in [1.82, 2.24) is 0 Å². The van der Waals surface area contributed by atoms with Crippen molar-refractivity contribution < 1.29 is 13.9 Å². The van der Waals surface area contributed by atoms with Crippen LogP contribution in [0.15, 0.2) is 94.7 Å². The molecule has 3 aromatic carbocycles. The van der Waals surface area contributed by atoms with Gasteiger partial charge in [-0.3, -0.25) is 14.5 Å². The number of carbonyl (C=O) groups excluding carboxylic acids is 1. The van der Waals surface area contributed by atoms with Crippen LogP contribution >= 0.6 is 0 Å². The predicted octanol–water partition coefficient (Wildman–Crippen LogP) is 5.67. The quantitative estimate of drug-likeness (QED) is 0.365. The fraction of sp³-hybridized carbons (Fsp3) is 0.143. The van der Waals surface area contributed by atoms with E-state index >= 15 is 0 Å². The van der Waals surface area contributed by atoms with E-state index in [1.54, 1.807) is 35.2 Å². The molecule has 0 fully saturated rings. The van der Waals surface area contributed by atoms with Crippen molar-refractivity contribution in [2.45, 2.75) is 19.4 Å². The number of hydrogen-bond acceptors (Lipinski definition) is 4. The molecular formula is C28H23NO4. The summed E-state index contributed by atoms with van der Waals surface area (Å²) >= 11 is 0. The standard InChI is InChI=1S/C28H23NO4/c1-3-16-32-21-9-7-8-19(17-21)25-24-26(30)22-10-5-6-11-23(22)33-27(24)28(31)29(25)20-14-12-18(4-2)13-15-20/h3,5-15,17,25H,1,4,16H2,2H3. The second kappa shape index (κ2) is 8.43. The summed E-state index contributed by atoms with van der Waals surface area (Å²) in [6, 6.07) is 21.7. The van der Waals surface area contributed by atoms with Gasteiger partial charge in [0.25, 0.3) is 5.91 Å². The van der Waals surface area contributed by atoms with Crippen LogP contribution in [0.3, 0.4) is 0 Å². The Balaban J connectivity index is 1.73. The highest BCUT2D eigenvalue weighted by molar-refractivity contribution is 6.10. The van der Waals surface area contributed by atoms with Crippen LogP contribution < -0.4 is 15.1 Å². The molecule has 0 radical (unpaired) electrons. The summed E-state index contributed by atoms with van der Waals surface area (Å²) < 4.78 is 11.7. The molecule has 0 N–H and O–H groups in total. The summed E-state index contributed by atoms with van der Waals surface area (Å²) in [6.45, 7) is 6.13. The number of para-hydroxylation sites is 1. The number of nitrogens with zero attached hydrogens (tertiary/aromatic N) is 1. The van der Waals surface area contributed by atoms with E-state index < -0.39 is 6.04 Å². The molecule has 1 aromatic heterocycles. The molecule has 0 spiro atoms. The van der Waals surface area contributed by atoms with Gasteiger partial charge < -0.3 is 9.15 Å². The highest BCUT2D eigenvalue weighted by Crippen LogP contribution is 2.41. The molecular weight excluding hydrogens is 414 g/mol. The molecule has 5 rings (SSSR count). The number of benzene rings is 3. The van der Waals surface area contributed by atoms with Gasteiger partial charge in [0, 0.05) is 5.69 Å². The van der Waals surface area contributed by atoms with Crippen LogP contribution in [0.5, 0.6) is 5.75 Å². The van der Waals surface area contributed by atoms with E-state index in [9.17, 15) is 9.59 Å². The van der Waals surface area contributed by atoms with Crippen molar-refractivity contribution in [3.05, 3.63) is 118 Å². The Morgan fingerprint density at radius 1 is 1.03 bits per heavy atom. The molecule has 0 bridgehead atoms. The van der Waals surface area contributed by atoms with Crippen LogP contribution in [-0.2, 0) is 6.42 Å². The molecule has 4 aromatic rings. The summed E-state index contributed by atoms with van der Waals surface area (Å²) in [6.07, 6.45) is 2.56. The molecule has 1 atom stereocenters. The van der Waals surface area contributed by atoms with Gasteiger partial charge in [-0.05, 0) is 53.9 Å². The van der Waals surface area contributed by atoms with Gasteiger partial charge >= 0.3 is 0 Å². The lowest BCUT2D eigenvalue weighted by molar-refractivity contribution is 0.0971. The summed E-state index contributed by atoms with van der Waals surface area (Å²) in [7, 11) is 0. The monoisotopic (exact) mass is 437 g/mol. The molecule has 5 heteroatoms. The second-order valence-corrected chi connectivity index (χ2v) is 7.94. The molecule has 0 aliphatic carbocycles. The summed E-state index contributed by atoms with van der Waals surface area (Å²) in [5.41, 5.74) is 3.19. The van der Waals surface area contributed by atoms with Crippen molar-refractivity contribution in [1.29, 1.82) is 0 Å². The molecule has 33 heavy (non-hydrogen) atoms. The van der Waals surface area contributed by atoms with Crippen molar-refractivity contribution in [2.24, 2.45) is 0 Å². The van der Waals surface area contributed by atoms with Gasteiger partial charge in [-0.25, -0.2) is 0 Å². The fourth-order valence-electron chi connectivity index (χ4n) is 4.32. The Hall–Kier alpha value is -4.12. The number of hydrogen-bond donors (Lipinski definition) is 0. The van der Waals surface area contributed by atoms with Gasteiger partial charge in [-0.15, -0.1) is 0 Å². The molecule has 1 aliphatic heterocycles. The average Bonchev–Trinajstić information content (AvgIpc) is 3.15. The van der Waals surface area contributed by atoms with Crippen molar-refractivity contribution in [3.8, 4) is 5.75 Å². The van der Waals surface area contributed by atoms with E-state index in [0.29, 0.717) is 34.6 Å². The Bertz CT molecular complexity index is 1420. The first-order valence-electron chi connectivity index (χ1n) is 10.9. The number of aryl methyl sites for hydroxylation is 1. The third-order valence-corrected chi connectivity index (χ3v) is 5.94. The Morgan fingerprint density at radius 2 is 1.82 bits per heavy atom. The van der Waals surface area contributed by atoms with Crippen molar-refractivity contribution in [2.75, 3.05) is 11.5 Å². The minimum absolute atomic E-state index is 0.0840. The van der Waals surface area contributed by atoms with Crippen molar-refractivity contribution in [3.63, 3.8) is 0 Å². The Morgan fingerprint density at radius 3 is 2.58 bits per heavy atom. The van der Waals surface area contributed by atoms with E-state index in [4.69, 9.17) is 9.15 Å². The third-order valence-electron chi connectivity index (χ3n) is 5.94. The zero-order chi connectivity index (χ0) is 22.9. The van der Waals surface area contributed by atoms with E-state index in [1.165, 1.54) is 5.56 Å². The molecule has 1 amide bonds. The normalized spacial score (nSPS) is 15.0. The SMILES string of the molecule is C=CCOc1cccc(C2c3c(oc4ccccc4c3=O)C(=O)N2c2ccc(CC)cc2)c1. The lowest BCUT2D eigenvalue weighted by Gasteiger charge is -2.25. The van der Waals surface area contributed by atoms with E-state index in [1.807, 2.05) is 48.5 Å². The number of rotatable bonds is 6. The molecule has 0 saturated carbocycles. The maximum Gasteiger partial charge on any atom is 0.295 e. The third kappa shape index (κ3) is 3.52. The second-order valence-electron chi connectivity index (χ2n) is 7.94. The smallest absolute Gasteiger partial charge is 0.295 e. The van der Waals surface area contributed by atoms with Gasteiger partial charge in [0.05, 0.1) is 17.0 Å². The fourth-order valence-corrected chi connectivity index (χ4v) is 4.32. The summed E-state index contributed by atoms with van der Waals surface area (Å²) in [4.78, 5) is 28.9. The highest BCUT2D eigenvalue weighted by Gasteiger charge is 2.43. The van der Waals surface area contributed by atoms with Gasteiger partial charge in [-0.2, -0.15) is 0 Å². The van der Waals surface area contributed by atoms with Crippen LogP contribution in [-0.4, -0.2) is 12.5 Å². The zero-order valence-corrected chi connectivity index (χ0v) is 18.3. The lowest BCUT2D eigenvalue weighted by atomic mass is 9.98. The maximum atomic E-state index is 13.6.